The average Bonchev–Trinajstić information content (AvgIpc) is 3.18. The van der Waals surface area contributed by atoms with Crippen molar-refractivity contribution < 1.29 is 8.42 Å². The first kappa shape index (κ1) is 17.6. The molecule has 0 saturated heterocycles. The topological polar surface area (TPSA) is 111 Å². The minimum atomic E-state index is -3.68. The van der Waals surface area contributed by atoms with E-state index >= 15 is 0 Å². The highest BCUT2D eigenvalue weighted by molar-refractivity contribution is 7.91. The monoisotopic (exact) mass is 391 g/mol. The zero-order valence-electron chi connectivity index (χ0n) is 14.4. The zero-order valence-corrected chi connectivity index (χ0v) is 15.2. The Hall–Kier alpha value is -3.77. The maximum absolute atomic E-state index is 12.8. The Morgan fingerprint density at radius 3 is 2.50 bits per heavy atom. The molecular weight excluding hydrogens is 378 g/mol. The van der Waals surface area contributed by atoms with Crippen LogP contribution in [0, 0.1) is 11.3 Å². The molecule has 0 bridgehead atoms. The lowest BCUT2D eigenvalue weighted by Gasteiger charge is -2.08. The summed E-state index contributed by atoms with van der Waals surface area (Å²) in [5, 5.41) is 17.7. The van der Waals surface area contributed by atoms with Gasteiger partial charge in [-0.2, -0.15) is 15.5 Å². The quantitative estimate of drug-likeness (QED) is 0.525. The van der Waals surface area contributed by atoms with Crippen LogP contribution < -0.4 is 5.56 Å². The van der Waals surface area contributed by atoms with Gasteiger partial charge in [0.05, 0.1) is 33.1 Å². The van der Waals surface area contributed by atoms with E-state index in [0.717, 1.165) is 0 Å². The number of hydrogen-bond donors (Lipinski definition) is 0. The molecule has 9 heteroatoms. The molecule has 28 heavy (non-hydrogen) atoms. The van der Waals surface area contributed by atoms with E-state index in [4.69, 9.17) is 5.26 Å². The Labute approximate surface area is 159 Å². The third-order valence-electron chi connectivity index (χ3n) is 4.23. The maximum atomic E-state index is 12.8. The molecule has 4 aromatic rings. The van der Waals surface area contributed by atoms with Crippen LogP contribution in [-0.4, -0.2) is 28.0 Å². The average molecular weight is 391 g/mol. The molecule has 0 saturated carbocycles. The summed E-state index contributed by atoms with van der Waals surface area (Å²) < 4.78 is 28.1. The molecule has 2 aromatic heterocycles. The molecule has 0 atom stereocenters. The lowest BCUT2D eigenvalue weighted by Crippen LogP contribution is -2.26. The fraction of sp³-hybridized carbons (Fsp3) is 0.0526. The van der Waals surface area contributed by atoms with Crippen LogP contribution in [0.5, 0.6) is 0 Å². The Balaban J connectivity index is 1.74. The molecule has 0 amide bonds. The number of aromatic nitrogens is 4. The number of nitriles is 1. The molecule has 0 radical (unpaired) electrons. The summed E-state index contributed by atoms with van der Waals surface area (Å²) in [5.41, 5.74) is -0.000217. The van der Waals surface area contributed by atoms with Gasteiger partial charge >= 0.3 is 0 Å². The van der Waals surface area contributed by atoms with Crippen LogP contribution in [0.2, 0.25) is 0 Å². The largest absolute Gasteiger partial charge is 0.276 e. The first-order valence-electron chi connectivity index (χ1n) is 8.21. The van der Waals surface area contributed by atoms with Crippen molar-refractivity contribution in [3.8, 4) is 6.07 Å². The molecule has 2 aromatic carbocycles. The van der Waals surface area contributed by atoms with E-state index < -0.39 is 9.84 Å². The number of hydrogen-bond acceptors (Lipinski definition) is 6. The molecule has 4 rings (SSSR count). The van der Waals surface area contributed by atoms with E-state index in [0.29, 0.717) is 16.3 Å². The van der Waals surface area contributed by atoms with Gasteiger partial charge in [-0.15, -0.1) is 0 Å². The number of benzene rings is 2. The van der Waals surface area contributed by atoms with Crippen LogP contribution in [0.3, 0.4) is 0 Å². The molecule has 2 heterocycles. The Morgan fingerprint density at radius 1 is 1.00 bits per heavy atom. The lowest BCUT2D eigenvalue weighted by molar-refractivity contribution is 0.484. The Kier molecular flexibility index (Phi) is 4.25. The van der Waals surface area contributed by atoms with Crippen LogP contribution in [0.25, 0.3) is 10.8 Å². The van der Waals surface area contributed by atoms with Crippen LogP contribution >= 0.6 is 0 Å². The molecular formula is C19H13N5O3S. The predicted octanol–water partition coefficient (Wildman–Crippen LogP) is 1.80. The van der Waals surface area contributed by atoms with Gasteiger partial charge in [0.15, 0.2) is 0 Å². The highest BCUT2D eigenvalue weighted by atomic mass is 32.2. The normalized spacial score (nSPS) is 11.4. The second-order valence-corrected chi connectivity index (χ2v) is 7.99. The van der Waals surface area contributed by atoms with Crippen LogP contribution in [0.4, 0.5) is 0 Å². The number of nitrogens with zero attached hydrogens (tertiary/aromatic N) is 5. The maximum Gasteiger partial charge on any atom is 0.276 e. The van der Waals surface area contributed by atoms with Crippen LogP contribution in [-0.2, 0) is 16.5 Å². The van der Waals surface area contributed by atoms with Crippen molar-refractivity contribution in [1.82, 2.24) is 19.6 Å². The number of sulfone groups is 1. The minimum Gasteiger partial charge on any atom is -0.267 e. The molecule has 138 valence electrons. The van der Waals surface area contributed by atoms with Crippen molar-refractivity contribution >= 4 is 20.6 Å². The molecule has 0 aliphatic rings. The SMILES string of the molecule is N#Cc1cnn(Cn2ncc3cc(S(=O)(=O)c4ccccc4)ccc3c2=O)c1. The molecule has 0 unspecified atom stereocenters. The van der Waals surface area contributed by atoms with Gasteiger partial charge < -0.3 is 0 Å². The van der Waals surface area contributed by atoms with Gasteiger partial charge in [-0.05, 0) is 30.3 Å². The van der Waals surface area contributed by atoms with Gasteiger partial charge in [0, 0.05) is 11.6 Å². The fourth-order valence-electron chi connectivity index (χ4n) is 2.81. The smallest absolute Gasteiger partial charge is 0.267 e. The summed E-state index contributed by atoms with van der Waals surface area (Å²) in [6, 6.07) is 14.4. The van der Waals surface area contributed by atoms with Gasteiger partial charge in [-0.3, -0.25) is 4.79 Å². The molecule has 0 spiro atoms. The van der Waals surface area contributed by atoms with Crippen molar-refractivity contribution in [2.24, 2.45) is 0 Å². The summed E-state index contributed by atoms with van der Waals surface area (Å²) in [7, 11) is -3.68. The van der Waals surface area contributed by atoms with Crippen molar-refractivity contribution in [3.05, 3.63) is 83.0 Å². The first-order valence-corrected chi connectivity index (χ1v) is 9.70. The summed E-state index contributed by atoms with van der Waals surface area (Å²) in [4.78, 5) is 13.0. The lowest BCUT2D eigenvalue weighted by atomic mass is 10.2. The summed E-state index contributed by atoms with van der Waals surface area (Å²) >= 11 is 0. The molecule has 0 aliphatic carbocycles. The highest BCUT2D eigenvalue weighted by Crippen LogP contribution is 2.23. The predicted molar refractivity (Wildman–Crippen MR) is 100 cm³/mol. The highest BCUT2D eigenvalue weighted by Gasteiger charge is 2.18. The van der Waals surface area contributed by atoms with E-state index in [9.17, 15) is 13.2 Å². The van der Waals surface area contributed by atoms with E-state index in [-0.39, 0.29) is 22.0 Å². The third-order valence-corrected chi connectivity index (χ3v) is 6.00. The van der Waals surface area contributed by atoms with E-state index in [1.165, 1.54) is 58.3 Å². The van der Waals surface area contributed by atoms with Gasteiger partial charge in [-0.25, -0.2) is 17.8 Å². The third kappa shape index (κ3) is 3.06. The second kappa shape index (κ2) is 6.75. The van der Waals surface area contributed by atoms with Crippen LogP contribution in [0.1, 0.15) is 5.56 Å². The standard InChI is InChI=1S/C19H13N5O3S/c20-9-14-10-21-23(12-14)13-24-19(25)18-7-6-17(8-15(18)11-22-24)28(26,27)16-4-2-1-3-5-16/h1-8,10-12H,13H2. The van der Waals surface area contributed by atoms with E-state index in [1.54, 1.807) is 18.2 Å². The van der Waals surface area contributed by atoms with Crippen molar-refractivity contribution in [1.29, 1.82) is 5.26 Å². The number of fused-ring (bicyclic) bond motifs is 1. The second-order valence-electron chi connectivity index (χ2n) is 6.04. The summed E-state index contributed by atoms with van der Waals surface area (Å²) in [6.07, 6.45) is 4.34. The Bertz CT molecular complexity index is 1380. The van der Waals surface area contributed by atoms with Gasteiger partial charge in [0.25, 0.3) is 5.56 Å². The Morgan fingerprint density at radius 2 is 1.79 bits per heavy atom. The minimum absolute atomic E-state index is 0.0422. The first-order chi connectivity index (χ1) is 13.5. The molecule has 8 nitrogen and oxygen atoms in total. The van der Waals surface area contributed by atoms with Gasteiger partial charge in [0.2, 0.25) is 9.84 Å². The van der Waals surface area contributed by atoms with Gasteiger partial charge in [-0.1, -0.05) is 18.2 Å². The molecule has 0 aliphatic heterocycles. The zero-order chi connectivity index (χ0) is 19.7. The van der Waals surface area contributed by atoms with Crippen molar-refractivity contribution in [2.45, 2.75) is 16.5 Å². The van der Waals surface area contributed by atoms with E-state index in [1.807, 2.05) is 6.07 Å². The number of rotatable bonds is 4. The van der Waals surface area contributed by atoms with E-state index in [2.05, 4.69) is 10.2 Å². The van der Waals surface area contributed by atoms with Crippen molar-refractivity contribution in [3.63, 3.8) is 0 Å². The summed E-state index contributed by atoms with van der Waals surface area (Å²) in [5.74, 6) is 0. The summed E-state index contributed by atoms with van der Waals surface area (Å²) in [6.45, 7) is 0.0422. The molecule has 0 fully saturated rings. The van der Waals surface area contributed by atoms with Gasteiger partial charge in [0.1, 0.15) is 12.7 Å². The van der Waals surface area contributed by atoms with Crippen molar-refractivity contribution in [2.75, 3.05) is 0 Å². The van der Waals surface area contributed by atoms with Crippen LogP contribution in [0.15, 0.2) is 81.7 Å². The fourth-order valence-corrected chi connectivity index (χ4v) is 4.12. The molecule has 0 N–H and O–H groups in total.